The van der Waals surface area contributed by atoms with E-state index in [-0.39, 0.29) is 44.0 Å². The quantitative estimate of drug-likeness (QED) is 0.708. The number of carboxylic acid groups (broad SMARTS) is 1. The standard InChI is InChI=1S/C24H21F2NO4/c25-20-8-4-16(5-9-20)12-18-14-27(22(28)2-1-3-23(29)30)15-19(24(18)31)13-17-6-10-21(26)11-7-17/h4-13H,1-3,14-15H2,(H,29,30)/b18-12+,19-13+. The summed E-state index contributed by atoms with van der Waals surface area (Å²) in [6.45, 7) is 0.145. The van der Waals surface area contributed by atoms with Crippen LogP contribution in [0.2, 0.25) is 0 Å². The van der Waals surface area contributed by atoms with E-state index in [2.05, 4.69) is 0 Å². The lowest BCUT2D eigenvalue weighted by atomic mass is 9.94. The highest BCUT2D eigenvalue weighted by molar-refractivity contribution is 6.15. The van der Waals surface area contributed by atoms with E-state index in [1.165, 1.54) is 53.4 Å². The summed E-state index contributed by atoms with van der Waals surface area (Å²) in [4.78, 5) is 37.9. The third-order valence-electron chi connectivity index (χ3n) is 4.86. The van der Waals surface area contributed by atoms with Crippen molar-refractivity contribution < 1.29 is 28.3 Å². The molecule has 2 aromatic rings. The van der Waals surface area contributed by atoms with E-state index in [0.29, 0.717) is 22.3 Å². The molecule has 0 bridgehead atoms. The molecular weight excluding hydrogens is 404 g/mol. The van der Waals surface area contributed by atoms with E-state index < -0.39 is 17.6 Å². The van der Waals surface area contributed by atoms with Crippen LogP contribution in [-0.4, -0.2) is 40.8 Å². The SMILES string of the molecule is O=C(O)CCCC(=O)N1C/C(=C\c2ccc(F)cc2)C(=O)/C(=C/c2ccc(F)cc2)C1. The molecule has 160 valence electrons. The number of ketones is 1. The van der Waals surface area contributed by atoms with Crippen LogP contribution in [0.3, 0.4) is 0 Å². The van der Waals surface area contributed by atoms with E-state index in [9.17, 15) is 23.2 Å². The molecule has 0 spiro atoms. The van der Waals surface area contributed by atoms with Gasteiger partial charge < -0.3 is 10.0 Å². The molecule has 0 radical (unpaired) electrons. The van der Waals surface area contributed by atoms with Crippen molar-refractivity contribution in [3.8, 4) is 0 Å². The number of aliphatic carboxylic acids is 1. The lowest BCUT2D eigenvalue weighted by Gasteiger charge is -2.30. The predicted molar refractivity (Wildman–Crippen MR) is 112 cm³/mol. The van der Waals surface area contributed by atoms with Gasteiger partial charge in [-0.25, -0.2) is 8.78 Å². The van der Waals surface area contributed by atoms with Crippen LogP contribution in [0.4, 0.5) is 8.78 Å². The molecule has 0 aromatic heterocycles. The second kappa shape index (κ2) is 9.93. The first-order valence-corrected chi connectivity index (χ1v) is 9.78. The Kier molecular flexibility index (Phi) is 7.07. The summed E-state index contributed by atoms with van der Waals surface area (Å²) < 4.78 is 26.4. The Morgan fingerprint density at radius 3 is 1.71 bits per heavy atom. The van der Waals surface area contributed by atoms with Gasteiger partial charge in [-0.2, -0.15) is 0 Å². The fourth-order valence-corrected chi connectivity index (χ4v) is 3.29. The van der Waals surface area contributed by atoms with Gasteiger partial charge in [0.1, 0.15) is 11.6 Å². The maximum atomic E-state index is 13.2. The van der Waals surface area contributed by atoms with Gasteiger partial charge in [0.05, 0.1) is 0 Å². The highest BCUT2D eigenvalue weighted by Gasteiger charge is 2.28. The van der Waals surface area contributed by atoms with Gasteiger partial charge >= 0.3 is 5.97 Å². The van der Waals surface area contributed by atoms with Crippen LogP contribution >= 0.6 is 0 Å². The molecule has 1 saturated heterocycles. The molecule has 7 heteroatoms. The Morgan fingerprint density at radius 1 is 0.839 bits per heavy atom. The number of amides is 1. The van der Waals surface area contributed by atoms with Gasteiger partial charge in [-0.3, -0.25) is 14.4 Å². The first kappa shape index (κ1) is 22.1. The molecule has 1 aliphatic rings. The van der Waals surface area contributed by atoms with E-state index in [0.717, 1.165) is 0 Å². The van der Waals surface area contributed by atoms with Crippen molar-refractivity contribution in [2.75, 3.05) is 13.1 Å². The van der Waals surface area contributed by atoms with Gasteiger partial charge in [-0.1, -0.05) is 24.3 Å². The topological polar surface area (TPSA) is 74.7 Å². The summed E-state index contributed by atoms with van der Waals surface area (Å²) in [5.41, 5.74) is 1.95. The summed E-state index contributed by atoms with van der Waals surface area (Å²) in [7, 11) is 0. The number of benzene rings is 2. The molecule has 1 heterocycles. The van der Waals surface area contributed by atoms with Crippen LogP contribution in [-0.2, 0) is 14.4 Å². The van der Waals surface area contributed by atoms with Crippen molar-refractivity contribution in [1.82, 2.24) is 4.90 Å². The fraction of sp³-hybridized carbons (Fsp3) is 0.208. The van der Waals surface area contributed by atoms with Gasteiger partial charge in [0.15, 0.2) is 5.78 Å². The lowest BCUT2D eigenvalue weighted by molar-refractivity contribution is -0.137. The normalized spacial score (nSPS) is 16.7. The molecule has 31 heavy (non-hydrogen) atoms. The van der Waals surface area contributed by atoms with Crippen LogP contribution in [0.5, 0.6) is 0 Å². The zero-order chi connectivity index (χ0) is 22.4. The zero-order valence-electron chi connectivity index (χ0n) is 16.7. The number of Topliss-reactive ketones (excluding diaryl/α,β-unsaturated/α-hetero) is 1. The molecule has 0 atom stereocenters. The highest BCUT2D eigenvalue weighted by Crippen LogP contribution is 2.23. The van der Waals surface area contributed by atoms with E-state index in [1.807, 2.05) is 0 Å². The molecule has 0 saturated carbocycles. The van der Waals surface area contributed by atoms with Crippen molar-refractivity contribution in [3.63, 3.8) is 0 Å². The Bertz CT molecular complexity index is 973. The average Bonchev–Trinajstić information content (AvgIpc) is 2.73. The van der Waals surface area contributed by atoms with Crippen LogP contribution in [0.25, 0.3) is 12.2 Å². The molecule has 1 N–H and O–H groups in total. The number of likely N-dealkylation sites (tertiary alicyclic amines) is 1. The predicted octanol–water partition coefficient (Wildman–Crippen LogP) is 4.10. The van der Waals surface area contributed by atoms with Crippen molar-refractivity contribution in [3.05, 3.63) is 82.4 Å². The number of hydrogen-bond acceptors (Lipinski definition) is 3. The van der Waals surface area contributed by atoms with Gasteiger partial charge in [0.25, 0.3) is 0 Å². The Labute approximate surface area is 178 Å². The van der Waals surface area contributed by atoms with Crippen molar-refractivity contribution in [1.29, 1.82) is 0 Å². The maximum absolute atomic E-state index is 13.2. The van der Waals surface area contributed by atoms with E-state index in [4.69, 9.17) is 5.11 Å². The smallest absolute Gasteiger partial charge is 0.303 e. The van der Waals surface area contributed by atoms with Crippen LogP contribution in [0, 0.1) is 11.6 Å². The molecular formula is C24H21F2NO4. The molecule has 1 fully saturated rings. The summed E-state index contributed by atoms with van der Waals surface area (Å²) in [6, 6.07) is 11.3. The van der Waals surface area contributed by atoms with Crippen LogP contribution < -0.4 is 0 Å². The Balaban J connectivity index is 1.89. The van der Waals surface area contributed by atoms with Crippen molar-refractivity contribution >= 4 is 29.8 Å². The number of carbonyl (C=O) groups excluding carboxylic acids is 2. The minimum absolute atomic E-state index is 0.0497. The first-order valence-electron chi connectivity index (χ1n) is 9.78. The minimum Gasteiger partial charge on any atom is -0.481 e. The molecule has 0 unspecified atom stereocenters. The number of piperidine rings is 1. The number of carboxylic acids is 1. The summed E-state index contributed by atoms with van der Waals surface area (Å²) in [6.07, 6.45) is 3.35. The largest absolute Gasteiger partial charge is 0.481 e. The maximum Gasteiger partial charge on any atom is 0.303 e. The fourth-order valence-electron chi connectivity index (χ4n) is 3.29. The summed E-state index contributed by atoms with van der Waals surface area (Å²) in [5, 5.41) is 8.78. The van der Waals surface area contributed by atoms with Gasteiger partial charge in [-0.05, 0) is 54.0 Å². The van der Waals surface area contributed by atoms with Gasteiger partial charge in [0, 0.05) is 37.1 Å². The van der Waals surface area contributed by atoms with Gasteiger partial charge in [-0.15, -0.1) is 0 Å². The van der Waals surface area contributed by atoms with Crippen LogP contribution in [0.15, 0.2) is 59.7 Å². The highest BCUT2D eigenvalue weighted by atomic mass is 19.1. The first-order chi connectivity index (χ1) is 14.8. The van der Waals surface area contributed by atoms with Crippen molar-refractivity contribution in [2.45, 2.75) is 19.3 Å². The number of nitrogens with zero attached hydrogens (tertiary/aromatic N) is 1. The second-order valence-corrected chi connectivity index (χ2v) is 7.27. The third-order valence-corrected chi connectivity index (χ3v) is 4.86. The number of halogens is 2. The summed E-state index contributed by atoms with van der Waals surface area (Å²) >= 11 is 0. The molecule has 5 nitrogen and oxygen atoms in total. The Hall–Kier alpha value is -3.61. The molecule has 0 aliphatic carbocycles. The summed E-state index contributed by atoms with van der Waals surface area (Å²) in [5.74, 6) is -2.28. The average molecular weight is 425 g/mol. The minimum atomic E-state index is -0.976. The molecule has 3 rings (SSSR count). The number of rotatable bonds is 6. The number of carbonyl (C=O) groups is 3. The third kappa shape index (κ3) is 6.18. The number of hydrogen-bond donors (Lipinski definition) is 1. The molecule has 1 aliphatic heterocycles. The van der Waals surface area contributed by atoms with E-state index in [1.54, 1.807) is 12.2 Å². The lowest BCUT2D eigenvalue weighted by Crippen LogP contribution is -2.41. The monoisotopic (exact) mass is 425 g/mol. The van der Waals surface area contributed by atoms with Crippen LogP contribution in [0.1, 0.15) is 30.4 Å². The molecule has 2 aromatic carbocycles. The Morgan fingerprint density at radius 2 is 1.29 bits per heavy atom. The molecule has 1 amide bonds. The van der Waals surface area contributed by atoms with Crippen molar-refractivity contribution in [2.24, 2.45) is 0 Å². The zero-order valence-corrected chi connectivity index (χ0v) is 16.7. The second-order valence-electron chi connectivity index (χ2n) is 7.27. The van der Waals surface area contributed by atoms with Gasteiger partial charge in [0.2, 0.25) is 5.91 Å². The van der Waals surface area contributed by atoms with E-state index >= 15 is 0 Å².